The first-order chi connectivity index (χ1) is 29.0. The first-order valence-corrected chi connectivity index (χ1v) is 25.6. The summed E-state index contributed by atoms with van der Waals surface area (Å²) in [4.78, 5) is 35.2. The third-order valence-electron chi connectivity index (χ3n) is 11.4. The number of phosphoric acid groups is 1. The fourth-order valence-electron chi connectivity index (χ4n) is 7.79. The summed E-state index contributed by atoms with van der Waals surface area (Å²) >= 11 is 0. The Kier molecular flexibility index (Phi) is 35.6. The second-order valence-electron chi connectivity index (χ2n) is 17.0. The lowest BCUT2D eigenvalue weighted by atomic mass is 9.89. The number of unbranched alkanes of at least 4 members (excludes halogenated alkanes) is 22. The summed E-state index contributed by atoms with van der Waals surface area (Å²) in [6.45, 7) is 3.28. The molecule has 6 N–H and O–H groups in total. The van der Waals surface area contributed by atoms with E-state index in [9.17, 15) is 34.4 Å². The highest BCUT2D eigenvalue weighted by molar-refractivity contribution is 7.47. The Labute approximate surface area is 364 Å². The summed E-state index contributed by atoms with van der Waals surface area (Å²) in [6.07, 6.45) is 34.8. The fraction of sp³-hybridized carbons (Fsp3) is 0.872. The lowest BCUT2D eigenvalue weighted by Crippen LogP contribution is -2.29. The molecule has 1 aliphatic rings. The molecule has 0 radical (unpaired) electrons. The number of carbonyl (C=O) groups excluding carboxylic acids is 2. The maximum Gasteiger partial charge on any atom is 0.472 e. The summed E-state index contributed by atoms with van der Waals surface area (Å²) < 4.78 is 32.8. The van der Waals surface area contributed by atoms with Crippen LogP contribution in [0.1, 0.15) is 200 Å². The minimum atomic E-state index is -4.46. The molecule has 0 aromatic heterocycles. The molecular weight excluding hydrogens is 785 g/mol. The van der Waals surface area contributed by atoms with Crippen LogP contribution in [-0.4, -0.2) is 82.9 Å². The van der Waals surface area contributed by atoms with Crippen molar-refractivity contribution in [2.75, 3.05) is 26.4 Å². The summed E-state index contributed by atoms with van der Waals surface area (Å²) in [6, 6.07) is 0. The maximum atomic E-state index is 12.7. The Bertz CT molecular complexity index is 1150. The number of hydrogen-bond acceptors (Lipinski definition) is 11. The SMILES string of the molecule is CCCCCCCCCCCCCCCCCCCCCCCC(=O)O[C@H](COC(=O)C/C=C\C[C@H]1[C@@H](/C=C/[C@H](O)CCCCC)[C@H](O)C[C@@H]1O)COP(=O)(O)OCCN. The zero-order valence-corrected chi connectivity index (χ0v) is 38.7. The standard InChI is InChI=1S/C47H88NO11P/c1-3-5-7-8-9-10-11-12-13-14-15-16-17-18-19-20-21-22-23-24-26-32-47(53)59-41(39-58-60(54,55)57-36-35-48)38-56-46(52)31-28-27-30-42-43(45(51)37-44(42)50)34-33-40(49)29-25-6-4-2/h27-28,33-34,40-45,49-51H,3-26,29-32,35-39,48H2,1-2H3,(H,54,55)/b28-27-,34-33+/t40-,41-,42+,43-,44+,45-/m1/s1. The van der Waals surface area contributed by atoms with Gasteiger partial charge in [-0.15, -0.1) is 0 Å². The number of ether oxygens (including phenoxy) is 2. The molecule has 60 heavy (non-hydrogen) atoms. The number of phosphoric ester groups is 1. The molecule has 0 bridgehead atoms. The lowest BCUT2D eigenvalue weighted by molar-refractivity contribution is -0.160. The number of nitrogens with two attached hydrogens (primary N) is 1. The van der Waals surface area contributed by atoms with Gasteiger partial charge in [0.25, 0.3) is 0 Å². The van der Waals surface area contributed by atoms with Gasteiger partial charge in [0.05, 0.1) is 37.9 Å². The Balaban J connectivity index is 2.33. The highest BCUT2D eigenvalue weighted by atomic mass is 31.2. The molecular formula is C47H88NO11P. The molecule has 1 aliphatic carbocycles. The van der Waals surface area contributed by atoms with Gasteiger partial charge in [0, 0.05) is 25.3 Å². The average molecular weight is 874 g/mol. The van der Waals surface area contributed by atoms with E-state index < -0.39 is 50.8 Å². The molecule has 7 atom stereocenters. The van der Waals surface area contributed by atoms with Gasteiger partial charge in [0.2, 0.25) is 0 Å². The van der Waals surface area contributed by atoms with Crippen LogP contribution in [0.3, 0.4) is 0 Å². The molecule has 1 rings (SSSR count). The fourth-order valence-corrected chi connectivity index (χ4v) is 8.55. The van der Waals surface area contributed by atoms with E-state index in [1.807, 2.05) is 0 Å². The topological polar surface area (TPSA) is 195 Å². The normalized spacial score (nSPS) is 20.2. The van der Waals surface area contributed by atoms with Crippen molar-refractivity contribution in [2.45, 2.75) is 224 Å². The predicted molar refractivity (Wildman–Crippen MR) is 240 cm³/mol. The smallest absolute Gasteiger partial charge is 0.461 e. The largest absolute Gasteiger partial charge is 0.472 e. The van der Waals surface area contributed by atoms with Gasteiger partial charge in [-0.2, -0.15) is 0 Å². The molecule has 0 amide bonds. The molecule has 13 heteroatoms. The van der Waals surface area contributed by atoms with Crippen molar-refractivity contribution in [1.29, 1.82) is 0 Å². The molecule has 0 aliphatic heterocycles. The van der Waals surface area contributed by atoms with Crippen LogP contribution in [0.25, 0.3) is 0 Å². The average Bonchev–Trinajstić information content (AvgIpc) is 3.49. The summed E-state index contributed by atoms with van der Waals surface area (Å²) in [7, 11) is -4.46. The summed E-state index contributed by atoms with van der Waals surface area (Å²) in [5.74, 6) is -1.71. The zero-order valence-electron chi connectivity index (χ0n) is 37.8. The van der Waals surface area contributed by atoms with Crippen molar-refractivity contribution in [3.05, 3.63) is 24.3 Å². The van der Waals surface area contributed by atoms with Gasteiger partial charge in [-0.05, 0) is 25.2 Å². The van der Waals surface area contributed by atoms with E-state index in [1.165, 1.54) is 109 Å². The van der Waals surface area contributed by atoms with E-state index in [-0.39, 0.29) is 50.9 Å². The summed E-state index contributed by atoms with van der Waals surface area (Å²) in [5, 5.41) is 31.3. The molecule has 1 unspecified atom stereocenters. The molecule has 0 spiro atoms. The van der Waals surface area contributed by atoms with Crippen LogP contribution in [0.5, 0.6) is 0 Å². The Hall–Kier alpha value is -1.63. The second kappa shape index (κ2) is 37.9. The van der Waals surface area contributed by atoms with Crippen LogP contribution in [0.4, 0.5) is 0 Å². The highest BCUT2D eigenvalue weighted by Crippen LogP contribution is 2.43. The number of allylic oxidation sites excluding steroid dienone is 1. The summed E-state index contributed by atoms with van der Waals surface area (Å²) in [5.41, 5.74) is 5.35. The van der Waals surface area contributed by atoms with Crippen LogP contribution < -0.4 is 5.73 Å². The number of aliphatic hydroxyl groups is 3. The van der Waals surface area contributed by atoms with E-state index in [0.29, 0.717) is 19.3 Å². The zero-order chi connectivity index (χ0) is 44.1. The van der Waals surface area contributed by atoms with Crippen molar-refractivity contribution >= 4 is 19.8 Å². The number of hydrogen-bond donors (Lipinski definition) is 5. The van der Waals surface area contributed by atoms with E-state index in [1.54, 1.807) is 24.3 Å². The van der Waals surface area contributed by atoms with Crippen LogP contribution >= 0.6 is 7.82 Å². The number of esters is 2. The minimum Gasteiger partial charge on any atom is -0.461 e. The van der Waals surface area contributed by atoms with Crippen molar-refractivity contribution in [1.82, 2.24) is 0 Å². The second-order valence-corrected chi connectivity index (χ2v) is 18.4. The van der Waals surface area contributed by atoms with E-state index in [2.05, 4.69) is 13.8 Å². The third-order valence-corrected chi connectivity index (χ3v) is 12.4. The first kappa shape index (κ1) is 56.4. The first-order valence-electron chi connectivity index (χ1n) is 24.1. The number of carbonyl (C=O) groups is 2. The number of rotatable bonds is 41. The molecule has 1 fully saturated rings. The van der Waals surface area contributed by atoms with Gasteiger partial charge in [-0.3, -0.25) is 18.6 Å². The van der Waals surface area contributed by atoms with Crippen LogP contribution in [0.2, 0.25) is 0 Å². The van der Waals surface area contributed by atoms with Crippen molar-refractivity contribution in [3.63, 3.8) is 0 Å². The van der Waals surface area contributed by atoms with Crippen LogP contribution in [0, 0.1) is 11.8 Å². The Morgan fingerprint density at radius 3 is 1.75 bits per heavy atom. The van der Waals surface area contributed by atoms with Gasteiger partial charge in [-0.1, -0.05) is 186 Å². The van der Waals surface area contributed by atoms with Gasteiger partial charge >= 0.3 is 19.8 Å². The minimum absolute atomic E-state index is 0.0108. The molecule has 0 aromatic carbocycles. The van der Waals surface area contributed by atoms with Gasteiger partial charge in [-0.25, -0.2) is 4.57 Å². The molecule has 0 aromatic rings. The predicted octanol–water partition coefficient (Wildman–Crippen LogP) is 10.3. The molecule has 1 saturated carbocycles. The molecule has 12 nitrogen and oxygen atoms in total. The quantitative estimate of drug-likeness (QED) is 0.0169. The van der Waals surface area contributed by atoms with Crippen molar-refractivity contribution in [3.8, 4) is 0 Å². The molecule has 0 saturated heterocycles. The van der Waals surface area contributed by atoms with Gasteiger partial charge < -0.3 is 35.4 Å². The van der Waals surface area contributed by atoms with Gasteiger partial charge in [0.1, 0.15) is 6.61 Å². The highest BCUT2D eigenvalue weighted by Gasteiger charge is 2.39. The van der Waals surface area contributed by atoms with E-state index in [0.717, 1.165) is 38.5 Å². The lowest BCUT2D eigenvalue weighted by Gasteiger charge is -2.20. The van der Waals surface area contributed by atoms with Crippen LogP contribution in [0.15, 0.2) is 24.3 Å². The van der Waals surface area contributed by atoms with E-state index >= 15 is 0 Å². The third kappa shape index (κ3) is 31.2. The molecule has 352 valence electrons. The maximum absolute atomic E-state index is 12.7. The molecule has 0 heterocycles. The van der Waals surface area contributed by atoms with Crippen molar-refractivity contribution < 1.29 is 52.9 Å². The number of aliphatic hydroxyl groups excluding tert-OH is 3. The Morgan fingerprint density at radius 1 is 0.700 bits per heavy atom. The van der Waals surface area contributed by atoms with Crippen molar-refractivity contribution in [2.24, 2.45) is 17.6 Å². The van der Waals surface area contributed by atoms with Crippen LogP contribution in [-0.2, 0) is 32.7 Å². The van der Waals surface area contributed by atoms with Gasteiger partial charge in [0.15, 0.2) is 6.10 Å². The Morgan fingerprint density at radius 2 is 1.22 bits per heavy atom. The monoisotopic (exact) mass is 874 g/mol. The van der Waals surface area contributed by atoms with E-state index in [4.69, 9.17) is 24.3 Å².